The Labute approximate surface area is 78.0 Å². The smallest absolute Gasteiger partial charge is 0.115 e. The molecule has 0 aromatic heterocycles. The summed E-state index contributed by atoms with van der Waals surface area (Å²) in [6.07, 6.45) is 7.56. The van der Waals surface area contributed by atoms with Crippen LogP contribution in [0.1, 0.15) is 0 Å². The molecular formula is C6H5Cl2I. The van der Waals surface area contributed by atoms with Crippen LogP contribution in [0.2, 0.25) is 0 Å². The first-order valence-corrected chi connectivity index (χ1v) is 4.40. The van der Waals surface area contributed by atoms with E-state index in [4.69, 9.17) is 23.2 Å². The van der Waals surface area contributed by atoms with Crippen LogP contribution in [0.4, 0.5) is 0 Å². The van der Waals surface area contributed by atoms with Crippen molar-refractivity contribution in [2.24, 2.45) is 0 Å². The number of alkyl halides is 3. The van der Waals surface area contributed by atoms with Gasteiger partial charge in [0.2, 0.25) is 0 Å². The summed E-state index contributed by atoms with van der Waals surface area (Å²) >= 11 is 13.9. The Balaban J connectivity index is 2.78. The van der Waals surface area contributed by atoms with Crippen molar-refractivity contribution in [3.05, 3.63) is 24.3 Å². The van der Waals surface area contributed by atoms with Crippen LogP contribution in [-0.4, -0.2) is 8.26 Å². The SMILES string of the molecule is ClC1C=CC=CC1(Cl)I. The second-order valence-electron chi connectivity index (χ2n) is 1.82. The molecule has 0 bridgehead atoms. The molecule has 3 heteroatoms. The first kappa shape index (κ1) is 7.89. The van der Waals surface area contributed by atoms with Crippen molar-refractivity contribution in [1.29, 1.82) is 0 Å². The zero-order valence-corrected chi connectivity index (χ0v) is 8.19. The average Bonchev–Trinajstić information content (AvgIpc) is 1.77. The Bertz CT molecular complexity index is 160. The second-order valence-corrected chi connectivity index (χ2v) is 5.34. The normalized spacial score (nSPS) is 41.4. The van der Waals surface area contributed by atoms with Gasteiger partial charge < -0.3 is 0 Å². The predicted octanol–water partition coefficient (Wildman–Crippen LogP) is 3.09. The van der Waals surface area contributed by atoms with Crippen molar-refractivity contribution in [2.75, 3.05) is 0 Å². The summed E-state index contributed by atoms with van der Waals surface area (Å²) in [6, 6.07) is 0. The maximum Gasteiger partial charge on any atom is 0.134 e. The van der Waals surface area contributed by atoms with Crippen molar-refractivity contribution < 1.29 is 0 Å². The third-order valence-corrected chi connectivity index (χ3v) is 3.44. The molecule has 50 valence electrons. The molecule has 0 spiro atoms. The highest BCUT2D eigenvalue weighted by molar-refractivity contribution is 14.1. The average molecular weight is 275 g/mol. The zero-order chi connectivity index (χ0) is 6.91. The Kier molecular flexibility index (Phi) is 2.46. The molecule has 1 rings (SSSR count). The lowest BCUT2D eigenvalue weighted by Gasteiger charge is -2.20. The number of hydrogen-bond acceptors (Lipinski definition) is 0. The largest absolute Gasteiger partial charge is 0.134 e. The molecule has 0 fully saturated rings. The van der Waals surface area contributed by atoms with Crippen LogP contribution in [-0.2, 0) is 0 Å². The Hall–Kier alpha value is 0.790. The number of hydrogen-bond donors (Lipinski definition) is 0. The maximum absolute atomic E-state index is 5.94. The lowest BCUT2D eigenvalue weighted by Crippen LogP contribution is -2.22. The van der Waals surface area contributed by atoms with E-state index < -0.39 is 2.88 Å². The van der Waals surface area contributed by atoms with E-state index in [0.717, 1.165) is 0 Å². The summed E-state index contributed by atoms with van der Waals surface area (Å²) in [5, 5.41) is -0.0928. The van der Waals surface area contributed by atoms with Gasteiger partial charge in [0.15, 0.2) is 0 Å². The van der Waals surface area contributed by atoms with E-state index in [1.54, 1.807) is 0 Å². The molecule has 0 N–H and O–H groups in total. The predicted molar refractivity (Wildman–Crippen MR) is 50.5 cm³/mol. The molecule has 0 saturated heterocycles. The zero-order valence-electron chi connectivity index (χ0n) is 4.52. The fourth-order valence-electron chi connectivity index (χ4n) is 0.566. The molecule has 2 atom stereocenters. The fraction of sp³-hybridized carbons (Fsp3) is 0.333. The van der Waals surface area contributed by atoms with Crippen LogP contribution in [0.3, 0.4) is 0 Å². The lowest BCUT2D eigenvalue weighted by molar-refractivity contribution is 1.02. The molecule has 0 nitrogen and oxygen atoms in total. The molecule has 0 aliphatic heterocycles. The van der Waals surface area contributed by atoms with Crippen molar-refractivity contribution in [1.82, 2.24) is 0 Å². The van der Waals surface area contributed by atoms with Crippen molar-refractivity contribution in [3.63, 3.8) is 0 Å². The minimum Gasteiger partial charge on any atom is -0.115 e. The lowest BCUT2D eigenvalue weighted by atomic mass is 10.2. The molecule has 0 amide bonds. The van der Waals surface area contributed by atoms with Gasteiger partial charge in [-0.1, -0.05) is 46.9 Å². The first-order valence-electron chi connectivity index (χ1n) is 2.51. The molecule has 0 heterocycles. The summed E-state index contributed by atoms with van der Waals surface area (Å²) in [6.45, 7) is 0. The highest BCUT2D eigenvalue weighted by atomic mass is 127. The van der Waals surface area contributed by atoms with Crippen LogP contribution in [0, 0.1) is 0 Å². The van der Waals surface area contributed by atoms with Gasteiger partial charge in [-0.15, -0.1) is 23.2 Å². The molecule has 9 heavy (non-hydrogen) atoms. The highest BCUT2D eigenvalue weighted by Crippen LogP contribution is 2.36. The molecule has 1 aliphatic carbocycles. The van der Waals surface area contributed by atoms with E-state index in [1.165, 1.54) is 0 Å². The van der Waals surface area contributed by atoms with Crippen molar-refractivity contribution in [2.45, 2.75) is 8.26 Å². The van der Waals surface area contributed by atoms with E-state index in [1.807, 2.05) is 24.3 Å². The Morgan fingerprint density at radius 3 is 2.44 bits per heavy atom. The minimum absolute atomic E-state index is 0.0928. The quantitative estimate of drug-likeness (QED) is 0.470. The van der Waals surface area contributed by atoms with Crippen LogP contribution in [0.15, 0.2) is 24.3 Å². The van der Waals surface area contributed by atoms with Gasteiger partial charge in [0.25, 0.3) is 0 Å². The third kappa shape index (κ3) is 1.85. The van der Waals surface area contributed by atoms with Gasteiger partial charge in [0.1, 0.15) is 2.88 Å². The van der Waals surface area contributed by atoms with E-state index in [9.17, 15) is 0 Å². The Morgan fingerprint density at radius 1 is 1.44 bits per heavy atom. The van der Waals surface area contributed by atoms with E-state index >= 15 is 0 Å². The van der Waals surface area contributed by atoms with Gasteiger partial charge in [0, 0.05) is 0 Å². The van der Waals surface area contributed by atoms with Gasteiger partial charge in [-0.3, -0.25) is 0 Å². The number of allylic oxidation sites excluding steroid dienone is 4. The van der Waals surface area contributed by atoms with Gasteiger partial charge in [-0.2, -0.15) is 0 Å². The standard InChI is InChI=1S/C6H5Cl2I/c7-5-3-1-2-4-6(5,8)9/h1-5H. The first-order chi connectivity index (χ1) is 4.13. The van der Waals surface area contributed by atoms with E-state index in [-0.39, 0.29) is 5.38 Å². The summed E-state index contributed by atoms with van der Waals surface area (Å²) < 4.78 is -0.423. The van der Waals surface area contributed by atoms with Crippen LogP contribution in [0.5, 0.6) is 0 Å². The molecule has 1 aliphatic rings. The summed E-state index contributed by atoms with van der Waals surface area (Å²) in [5.74, 6) is 0. The molecule has 0 saturated carbocycles. The number of rotatable bonds is 0. The fourth-order valence-corrected chi connectivity index (χ4v) is 1.28. The topological polar surface area (TPSA) is 0 Å². The maximum atomic E-state index is 5.94. The number of halogens is 3. The summed E-state index contributed by atoms with van der Waals surface area (Å²) in [7, 11) is 0. The van der Waals surface area contributed by atoms with Gasteiger partial charge in [0.05, 0.1) is 5.38 Å². The summed E-state index contributed by atoms with van der Waals surface area (Å²) in [5.41, 5.74) is 0. The van der Waals surface area contributed by atoms with Gasteiger partial charge in [-0.25, -0.2) is 0 Å². The van der Waals surface area contributed by atoms with E-state index in [2.05, 4.69) is 22.6 Å². The molecule has 2 unspecified atom stereocenters. The van der Waals surface area contributed by atoms with E-state index in [0.29, 0.717) is 0 Å². The third-order valence-electron chi connectivity index (χ3n) is 1.08. The summed E-state index contributed by atoms with van der Waals surface area (Å²) in [4.78, 5) is 0. The molecule has 0 radical (unpaired) electrons. The molecular weight excluding hydrogens is 270 g/mol. The van der Waals surface area contributed by atoms with Crippen LogP contribution < -0.4 is 0 Å². The molecule has 0 aromatic carbocycles. The van der Waals surface area contributed by atoms with Crippen LogP contribution in [0.25, 0.3) is 0 Å². The highest BCUT2D eigenvalue weighted by Gasteiger charge is 2.28. The minimum atomic E-state index is -0.423. The van der Waals surface area contributed by atoms with Crippen molar-refractivity contribution >= 4 is 45.8 Å². The second kappa shape index (κ2) is 2.81. The molecule has 0 aromatic rings. The van der Waals surface area contributed by atoms with Gasteiger partial charge >= 0.3 is 0 Å². The Morgan fingerprint density at radius 2 is 2.11 bits per heavy atom. The van der Waals surface area contributed by atoms with Crippen LogP contribution >= 0.6 is 45.8 Å². The van der Waals surface area contributed by atoms with Gasteiger partial charge in [-0.05, 0) is 0 Å². The van der Waals surface area contributed by atoms with Crippen molar-refractivity contribution in [3.8, 4) is 0 Å². The monoisotopic (exact) mass is 274 g/mol.